The van der Waals surface area contributed by atoms with Gasteiger partial charge in [-0.1, -0.05) is 100 Å². The molecule has 0 radical (unpaired) electrons. The van der Waals surface area contributed by atoms with Gasteiger partial charge in [0.2, 0.25) is 23.6 Å². The molecule has 0 saturated heterocycles. The molecule has 7 N–H and O–H groups in total. The number of fused-ring (bicyclic) bond motifs is 2. The molecule has 0 aliphatic rings. The highest BCUT2D eigenvalue weighted by atomic mass is 32.1. The Morgan fingerprint density at radius 3 is 1.19 bits per heavy atom. The van der Waals surface area contributed by atoms with E-state index in [0.29, 0.717) is 42.7 Å². The smallest absolute Gasteiger partial charge is 0.307 e. The predicted molar refractivity (Wildman–Crippen MR) is 405 cm³/mol. The second-order valence-corrected chi connectivity index (χ2v) is 30.7. The first kappa shape index (κ1) is 91.0. The molecule has 2 heterocycles. The van der Waals surface area contributed by atoms with Crippen molar-refractivity contribution in [1.29, 1.82) is 10.5 Å². The van der Waals surface area contributed by atoms with Gasteiger partial charge in [0.15, 0.2) is 33.1 Å². The van der Waals surface area contributed by atoms with Gasteiger partial charge in [-0.2, -0.15) is 10.5 Å². The molecule has 0 aliphatic heterocycles. The summed E-state index contributed by atoms with van der Waals surface area (Å²) in [6, 6.07) is 25.9. The zero-order valence-electron chi connectivity index (χ0n) is 63.5. The third-order valence-corrected chi connectivity index (χ3v) is 19.3. The number of esters is 3. The molecule has 6 aromatic rings. The summed E-state index contributed by atoms with van der Waals surface area (Å²) in [6.07, 6.45) is -6.07. The number of aromatic nitrogens is 2. The summed E-state index contributed by atoms with van der Waals surface area (Å²) >= 11 is 2.29. The molecule has 0 aliphatic carbocycles. The maximum atomic E-state index is 14.0. The summed E-state index contributed by atoms with van der Waals surface area (Å²) < 4.78 is 17.3. The van der Waals surface area contributed by atoms with Gasteiger partial charge in [0, 0.05) is 56.8 Å². The molecule has 6 rings (SSSR count). The first-order chi connectivity index (χ1) is 52.8. The van der Waals surface area contributed by atoms with Crippen LogP contribution in [0.15, 0.2) is 97.1 Å². The summed E-state index contributed by atoms with van der Waals surface area (Å²) in [5.41, 5.74) is 2.72. The molecule has 30 nitrogen and oxygen atoms in total. The largest absolute Gasteiger partial charge is 0.481 e. The molecule has 596 valence electrons. The Bertz CT molecular complexity index is 4510. The first-order valence-corrected chi connectivity index (χ1v) is 37.6. The van der Waals surface area contributed by atoms with E-state index in [0.717, 1.165) is 11.3 Å². The molecule has 2 aromatic heterocycles. The van der Waals surface area contributed by atoms with Gasteiger partial charge >= 0.3 is 35.8 Å². The number of Topliss-reactive ketones (excluding diaryl/α,β-unsaturated/α-hetero) is 6. The molecule has 32 heteroatoms. The minimum absolute atomic E-state index is 0.0651. The number of carbonyl (C=O) groups excluding carboxylic acids is 13. The van der Waals surface area contributed by atoms with Crippen molar-refractivity contribution in [2.24, 2.45) is 35.5 Å². The number of carboxylic acid groups (broad SMARTS) is 3. The zero-order valence-corrected chi connectivity index (χ0v) is 65.2. The monoisotopic (exact) mass is 1580 g/mol. The van der Waals surface area contributed by atoms with Gasteiger partial charge in [-0.25, -0.2) is 9.97 Å². The van der Waals surface area contributed by atoms with E-state index in [-0.39, 0.29) is 66.9 Å². The van der Waals surface area contributed by atoms with Crippen LogP contribution in [0, 0.1) is 58.2 Å². The summed E-state index contributed by atoms with van der Waals surface area (Å²) in [6.45, 7) is 14.0. The van der Waals surface area contributed by atoms with Crippen LogP contribution in [0.1, 0.15) is 172 Å². The lowest BCUT2D eigenvalue weighted by Gasteiger charge is -2.26. The average Bonchev–Trinajstić information content (AvgIpc) is 1.71. The normalized spacial score (nSPS) is 13.3. The van der Waals surface area contributed by atoms with Crippen molar-refractivity contribution in [3.8, 4) is 12.1 Å². The topological polar surface area (TPSA) is 483 Å². The summed E-state index contributed by atoms with van der Waals surface area (Å²) in [4.78, 5) is 215. The van der Waals surface area contributed by atoms with E-state index < -0.39 is 206 Å². The number of thiazole rings is 2. The zero-order chi connectivity index (χ0) is 83.1. The van der Waals surface area contributed by atoms with Crippen molar-refractivity contribution < 1.29 is 106 Å². The van der Waals surface area contributed by atoms with E-state index >= 15 is 0 Å². The summed E-state index contributed by atoms with van der Waals surface area (Å²) in [5.74, 6) is -18.8. The van der Waals surface area contributed by atoms with Crippen LogP contribution >= 0.6 is 22.7 Å². The van der Waals surface area contributed by atoms with Gasteiger partial charge in [0.1, 0.15) is 42.5 Å². The molecule has 0 spiro atoms. The van der Waals surface area contributed by atoms with E-state index in [1.54, 1.807) is 146 Å². The number of ether oxygens (including phenoxy) is 3. The van der Waals surface area contributed by atoms with E-state index in [1.807, 2.05) is 12.1 Å². The fourth-order valence-electron chi connectivity index (χ4n) is 11.5. The van der Waals surface area contributed by atoms with Gasteiger partial charge in [-0.15, -0.1) is 22.7 Å². The molecule has 4 aromatic carbocycles. The van der Waals surface area contributed by atoms with Crippen molar-refractivity contribution in [3.05, 3.63) is 129 Å². The van der Waals surface area contributed by atoms with Gasteiger partial charge < -0.3 is 55.6 Å². The molecular formula is C80H92N8O22S2. The van der Waals surface area contributed by atoms with Crippen LogP contribution in [0.2, 0.25) is 0 Å². The molecular weight excluding hydrogens is 1490 g/mol. The number of hydrogen-bond acceptors (Lipinski definition) is 25. The maximum Gasteiger partial charge on any atom is 0.307 e. The molecule has 4 amide bonds. The number of benzene rings is 4. The van der Waals surface area contributed by atoms with Crippen molar-refractivity contribution in [2.75, 3.05) is 0 Å². The van der Waals surface area contributed by atoms with Crippen molar-refractivity contribution in [3.63, 3.8) is 0 Å². The standard InChI is InChI=1S/C43H52N4O10S.C37H40N4O12S/c1-25(2)31(42(55)47-34(17-27(4)49)35(50)18-29-14-16-33-37(19-29)58-38(23-44)45-33)22-36(51)32(15-13-26(3)48)46-41(54)30(21-40(53)57-43(5,6)7)20-39(52)56-24-28-11-9-8-10-12-28;1-20(2)24(37(52)41-27(17-34(48)49)28(42)12-22-8-9-26-30(13-22)54-31(18-38)39-26)16-29(43)25(10-11-32(44)45)40-36(51)23(14-33(46)47)15-35(50)53-19-21-6-4-3-5-7-21/h8-12,14,16,19,25,30-32,34H,13,15,17-18,20-22,24H2,1-7H3,(H,46,54)(H,47,55);3-9,13,20,23-25,27H,10-12,14-17,19H2,1-2H3,(H,40,51)(H,41,52)(H,44,45)(H,46,47)(H,48,49). The van der Waals surface area contributed by atoms with Crippen molar-refractivity contribution in [2.45, 2.75) is 195 Å². The molecule has 112 heavy (non-hydrogen) atoms. The molecule has 0 bridgehead atoms. The molecule has 0 saturated carbocycles. The van der Waals surface area contributed by atoms with E-state index in [9.17, 15) is 97.3 Å². The summed E-state index contributed by atoms with van der Waals surface area (Å²) in [7, 11) is 0. The fraction of sp³-hybridized carbons (Fsp3) is 0.450. The number of amides is 4. The Labute approximate surface area is 654 Å². The number of rotatable bonds is 44. The highest BCUT2D eigenvalue weighted by molar-refractivity contribution is 7.19. The molecule has 0 fully saturated rings. The van der Waals surface area contributed by atoms with Crippen LogP contribution in [0.5, 0.6) is 0 Å². The van der Waals surface area contributed by atoms with E-state index in [1.165, 1.54) is 25.2 Å². The highest BCUT2D eigenvalue weighted by Crippen LogP contribution is 2.28. The van der Waals surface area contributed by atoms with Crippen LogP contribution in [0.25, 0.3) is 20.4 Å². The summed E-state index contributed by atoms with van der Waals surface area (Å²) in [5, 5.41) is 57.2. The lowest BCUT2D eigenvalue weighted by atomic mass is 9.86. The minimum Gasteiger partial charge on any atom is -0.481 e. The number of nitriles is 2. The quantitative estimate of drug-likeness (QED) is 0.0139. The number of nitrogens with zero attached hydrogens (tertiary/aromatic N) is 4. The molecule has 8 unspecified atom stereocenters. The number of carbonyl (C=O) groups is 16. The van der Waals surface area contributed by atoms with E-state index in [2.05, 4.69) is 31.2 Å². The van der Waals surface area contributed by atoms with Gasteiger partial charge in [0.05, 0.1) is 88.5 Å². The number of ketones is 6. The van der Waals surface area contributed by atoms with Crippen molar-refractivity contribution >= 4 is 137 Å². The van der Waals surface area contributed by atoms with Crippen LogP contribution in [-0.4, -0.2) is 149 Å². The van der Waals surface area contributed by atoms with Gasteiger partial charge in [-0.3, -0.25) is 71.9 Å². The number of hydrogen-bond donors (Lipinski definition) is 7. The van der Waals surface area contributed by atoms with Gasteiger partial charge in [0.25, 0.3) is 0 Å². The Morgan fingerprint density at radius 2 is 0.821 bits per heavy atom. The van der Waals surface area contributed by atoms with Crippen LogP contribution in [0.4, 0.5) is 0 Å². The number of nitrogens with one attached hydrogen (secondary N) is 4. The van der Waals surface area contributed by atoms with Crippen LogP contribution in [0.3, 0.4) is 0 Å². The van der Waals surface area contributed by atoms with Crippen LogP contribution < -0.4 is 21.3 Å². The lowest BCUT2D eigenvalue weighted by molar-refractivity contribution is -0.159. The second kappa shape index (κ2) is 44.3. The number of aliphatic carboxylic acids is 3. The van der Waals surface area contributed by atoms with Gasteiger partial charge in [-0.05, 0) is 106 Å². The second-order valence-electron chi connectivity index (χ2n) is 28.6. The Balaban J connectivity index is 0.000000401. The fourth-order valence-corrected chi connectivity index (χ4v) is 13.2. The Morgan fingerprint density at radius 1 is 0.438 bits per heavy atom. The SMILES string of the molecule is CC(=O)CCC(NC(=O)C(CC(=O)OCc1ccccc1)CC(=O)OC(C)(C)C)C(=O)CC(C(=O)NC(CC(C)=O)C(=O)Cc1ccc2nc(C#N)sc2c1)C(C)C.CC(C)C(CC(=O)C(CCC(=O)O)NC(=O)C(CC(=O)O)CC(=O)OCc1ccccc1)C(=O)NC(CC(=O)O)C(=O)Cc1ccc2nc(C#N)sc2c1. The Kier molecular flexibility index (Phi) is 36.0. The average molecular weight is 1580 g/mol. The minimum atomic E-state index is -1.50. The Hall–Kier alpha value is -11.6. The lowest BCUT2D eigenvalue weighted by Crippen LogP contribution is -2.49. The third-order valence-electron chi connectivity index (χ3n) is 17.4. The van der Waals surface area contributed by atoms with Crippen LogP contribution in [-0.2, 0) is 117 Å². The first-order valence-electron chi connectivity index (χ1n) is 36.0. The number of carboxylic acids is 3. The highest BCUT2D eigenvalue weighted by Gasteiger charge is 2.38. The maximum absolute atomic E-state index is 14.0. The predicted octanol–water partition coefficient (Wildman–Crippen LogP) is 8.35. The third kappa shape index (κ3) is 31.8. The molecule has 8 atom stereocenters. The van der Waals surface area contributed by atoms with Crippen molar-refractivity contribution in [1.82, 2.24) is 31.2 Å². The van der Waals surface area contributed by atoms with E-state index in [4.69, 9.17) is 19.5 Å².